The summed E-state index contributed by atoms with van der Waals surface area (Å²) in [6.07, 6.45) is 0.807. The summed E-state index contributed by atoms with van der Waals surface area (Å²) in [6.45, 7) is 5.54. The van der Waals surface area contributed by atoms with Gasteiger partial charge in [-0.3, -0.25) is 9.59 Å². The summed E-state index contributed by atoms with van der Waals surface area (Å²) < 4.78 is 16.0. The maximum absolute atomic E-state index is 12.0. The Morgan fingerprint density at radius 1 is 1.00 bits per heavy atom. The zero-order valence-electron chi connectivity index (χ0n) is 16.9. The van der Waals surface area contributed by atoms with E-state index in [1.807, 2.05) is 0 Å². The van der Waals surface area contributed by atoms with E-state index in [0.717, 1.165) is 17.5 Å². The number of rotatable bonds is 8. The van der Waals surface area contributed by atoms with E-state index in [1.54, 1.807) is 18.2 Å². The minimum absolute atomic E-state index is 0.0755. The molecule has 29 heavy (non-hydrogen) atoms. The van der Waals surface area contributed by atoms with Crippen molar-refractivity contribution in [1.29, 1.82) is 0 Å². The number of ether oxygens (including phenoxy) is 3. The van der Waals surface area contributed by atoms with E-state index in [4.69, 9.17) is 14.2 Å². The molecule has 1 amide bonds. The lowest BCUT2D eigenvalue weighted by molar-refractivity contribution is -0.147. The molecule has 1 aliphatic rings. The van der Waals surface area contributed by atoms with E-state index in [-0.39, 0.29) is 18.9 Å². The van der Waals surface area contributed by atoms with Gasteiger partial charge in [-0.25, -0.2) is 0 Å². The Kier molecular flexibility index (Phi) is 7.11. The third-order valence-corrected chi connectivity index (χ3v) is 4.70. The highest BCUT2D eigenvalue weighted by Crippen LogP contribution is 2.30. The van der Waals surface area contributed by atoms with Gasteiger partial charge in [-0.15, -0.1) is 0 Å². The molecular weight excluding hydrogens is 370 g/mol. The average Bonchev–Trinajstić information content (AvgIpc) is 2.72. The standard InChI is InChI=1S/C23H27NO5/c1-16(2)19-6-3-17(4-7-19)9-10-24-22(25)15-29-23(26)14-18-5-8-20-21(13-18)28-12-11-27-20/h3-8,13,16H,9-12,14-15H2,1-2H3,(H,24,25). The Morgan fingerprint density at radius 3 is 2.41 bits per heavy atom. The van der Waals surface area contributed by atoms with E-state index >= 15 is 0 Å². The molecule has 3 rings (SSSR count). The van der Waals surface area contributed by atoms with Crippen molar-refractivity contribution in [2.45, 2.75) is 32.6 Å². The van der Waals surface area contributed by atoms with Gasteiger partial charge in [-0.1, -0.05) is 44.2 Å². The SMILES string of the molecule is CC(C)c1ccc(CCNC(=O)COC(=O)Cc2ccc3c(c2)OCCO3)cc1. The first-order chi connectivity index (χ1) is 14.0. The van der Waals surface area contributed by atoms with Crippen molar-refractivity contribution < 1.29 is 23.8 Å². The van der Waals surface area contributed by atoms with E-state index < -0.39 is 5.97 Å². The molecule has 6 nitrogen and oxygen atoms in total. The summed E-state index contributed by atoms with van der Waals surface area (Å²) >= 11 is 0. The molecule has 0 spiro atoms. The lowest BCUT2D eigenvalue weighted by Gasteiger charge is -2.18. The largest absolute Gasteiger partial charge is 0.486 e. The van der Waals surface area contributed by atoms with Gasteiger partial charge in [0.1, 0.15) is 13.2 Å². The fraction of sp³-hybridized carbons (Fsp3) is 0.391. The summed E-state index contributed by atoms with van der Waals surface area (Å²) in [4.78, 5) is 23.9. The smallest absolute Gasteiger partial charge is 0.310 e. The van der Waals surface area contributed by atoms with Gasteiger partial charge in [0, 0.05) is 6.54 Å². The first kappa shape index (κ1) is 20.7. The van der Waals surface area contributed by atoms with E-state index in [0.29, 0.717) is 37.2 Å². The molecular formula is C23H27NO5. The van der Waals surface area contributed by atoms with Crippen molar-refractivity contribution in [2.24, 2.45) is 0 Å². The van der Waals surface area contributed by atoms with Crippen molar-refractivity contribution >= 4 is 11.9 Å². The van der Waals surface area contributed by atoms with Crippen LogP contribution < -0.4 is 14.8 Å². The Balaban J connectivity index is 1.36. The second-order valence-electron chi connectivity index (χ2n) is 7.31. The monoisotopic (exact) mass is 397 g/mol. The number of hydrogen-bond donors (Lipinski definition) is 1. The van der Waals surface area contributed by atoms with Crippen LogP contribution in [0, 0.1) is 0 Å². The molecule has 2 aromatic carbocycles. The van der Waals surface area contributed by atoms with Crippen LogP contribution in [0.4, 0.5) is 0 Å². The number of benzene rings is 2. The van der Waals surface area contributed by atoms with Crippen LogP contribution in [-0.4, -0.2) is 38.2 Å². The number of nitrogens with one attached hydrogen (secondary N) is 1. The number of carbonyl (C=O) groups excluding carboxylic acids is 2. The molecule has 1 N–H and O–H groups in total. The van der Waals surface area contributed by atoms with Gasteiger partial charge in [-0.05, 0) is 41.2 Å². The van der Waals surface area contributed by atoms with Gasteiger partial charge in [-0.2, -0.15) is 0 Å². The number of carbonyl (C=O) groups is 2. The second-order valence-corrected chi connectivity index (χ2v) is 7.31. The molecule has 0 aromatic heterocycles. The summed E-state index contributed by atoms with van der Waals surface area (Å²) in [5, 5.41) is 2.78. The van der Waals surface area contributed by atoms with Crippen molar-refractivity contribution in [3.63, 3.8) is 0 Å². The quantitative estimate of drug-likeness (QED) is 0.693. The third kappa shape index (κ3) is 6.24. The van der Waals surface area contributed by atoms with Crippen LogP contribution in [0.2, 0.25) is 0 Å². The number of amides is 1. The number of esters is 1. The lowest BCUT2D eigenvalue weighted by atomic mass is 10.0. The first-order valence-electron chi connectivity index (χ1n) is 9.91. The molecule has 1 heterocycles. The van der Waals surface area contributed by atoms with Crippen LogP contribution in [0.15, 0.2) is 42.5 Å². The molecule has 0 saturated carbocycles. The van der Waals surface area contributed by atoms with Gasteiger partial charge in [0.15, 0.2) is 18.1 Å². The summed E-state index contributed by atoms with van der Waals surface area (Å²) in [7, 11) is 0. The number of fused-ring (bicyclic) bond motifs is 1. The van der Waals surface area contributed by atoms with Gasteiger partial charge in [0.05, 0.1) is 6.42 Å². The zero-order valence-corrected chi connectivity index (χ0v) is 16.9. The molecule has 0 bridgehead atoms. The Morgan fingerprint density at radius 2 is 1.69 bits per heavy atom. The zero-order chi connectivity index (χ0) is 20.6. The van der Waals surface area contributed by atoms with E-state index in [2.05, 4.69) is 43.4 Å². The topological polar surface area (TPSA) is 73.9 Å². The van der Waals surface area contributed by atoms with Crippen molar-refractivity contribution in [3.8, 4) is 11.5 Å². The fourth-order valence-electron chi connectivity index (χ4n) is 3.03. The molecule has 0 atom stereocenters. The molecule has 0 fully saturated rings. The van der Waals surface area contributed by atoms with Gasteiger partial charge in [0.25, 0.3) is 5.91 Å². The Bertz CT molecular complexity index is 845. The maximum Gasteiger partial charge on any atom is 0.310 e. The molecule has 0 radical (unpaired) electrons. The normalized spacial score (nSPS) is 12.5. The van der Waals surface area contributed by atoms with Crippen LogP contribution in [0.25, 0.3) is 0 Å². The minimum Gasteiger partial charge on any atom is -0.486 e. The Hall–Kier alpha value is -3.02. The van der Waals surface area contributed by atoms with E-state index in [1.165, 1.54) is 5.56 Å². The van der Waals surface area contributed by atoms with Gasteiger partial charge >= 0.3 is 5.97 Å². The summed E-state index contributed by atoms with van der Waals surface area (Å²) in [6, 6.07) is 13.7. The molecule has 154 valence electrons. The second kappa shape index (κ2) is 9.96. The molecule has 2 aromatic rings. The van der Waals surface area contributed by atoms with Crippen LogP contribution in [0.5, 0.6) is 11.5 Å². The highest BCUT2D eigenvalue weighted by molar-refractivity contribution is 5.81. The Labute approximate surface area is 171 Å². The van der Waals surface area contributed by atoms with Crippen LogP contribution in [0.1, 0.15) is 36.5 Å². The van der Waals surface area contributed by atoms with Crippen molar-refractivity contribution in [1.82, 2.24) is 5.32 Å². The summed E-state index contributed by atoms with van der Waals surface area (Å²) in [5.74, 6) is 1.04. The average molecular weight is 397 g/mol. The van der Waals surface area contributed by atoms with E-state index in [9.17, 15) is 9.59 Å². The van der Waals surface area contributed by atoms with Crippen LogP contribution >= 0.6 is 0 Å². The molecule has 0 unspecified atom stereocenters. The fourth-order valence-corrected chi connectivity index (χ4v) is 3.03. The van der Waals surface area contributed by atoms with Gasteiger partial charge in [0.2, 0.25) is 0 Å². The van der Waals surface area contributed by atoms with Gasteiger partial charge < -0.3 is 19.5 Å². The minimum atomic E-state index is -0.457. The molecule has 0 aliphatic carbocycles. The van der Waals surface area contributed by atoms with Crippen LogP contribution in [0.3, 0.4) is 0 Å². The van der Waals surface area contributed by atoms with Crippen molar-refractivity contribution in [3.05, 3.63) is 59.2 Å². The maximum atomic E-state index is 12.0. The molecule has 6 heteroatoms. The third-order valence-electron chi connectivity index (χ3n) is 4.70. The molecule has 1 aliphatic heterocycles. The lowest BCUT2D eigenvalue weighted by Crippen LogP contribution is -2.30. The predicted molar refractivity (Wildman–Crippen MR) is 109 cm³/mol. The predicted octanol–water partition coefficient (Wildman–Crippen LogP) is 3.03. The first-order valence-corrected chi connectivity index (χ1v) is 9.91. The highest BCUT2D eigenvalue weighted by Gasteiger charge is 2.14. The summed E-state index contributed by atoms with van der Waals surface area (Å²) in [5.41, 5.74) is 3.21. The number of hydrogen-bond acceptors (Lipinski definition) is 5. The van der Waals surface area contributed by atoms with Crippen molar-refractivity contribution in [2.75, 3.05) is 26.4 Å². The highest BCUT2D eigenvalue weighted by atomic mass is 16.6. The van der Waals surface area contributed by atoms with Crippen LogP contribution in [-0.2, 0) is 27.2 Å². The molecule has 0 saturated heterocycles.